The summed E-state index contributed by atoms with van der Waals surface area (Å²) >= 11 is 14.7. The molecule has 0 aliphatic rings. The summed E-state index contributed by atoms with van der Waals surface area (Å²) in [6, 6.07) is 7.86. The van der Waals surface area contributed by atoms with E-state index >= 15 is 0 Å². The molecule has 11 heteroatoms. The monoisotopic (exact) mass is 475 g/mol. The first-order chi connectivity index (χ1) is 13.7. The molecule has 0 radical (unpaired) electrons. The molecule has 4 aromatic heterocycles. The molecule has 29 heavy (non-hydrogen) atoms. The highest BCUT2D eigenvalue weighted by atomic mass is 35.5. The fourth-order valence-corrected chi connectivity index (χ4v) is 4.66. The summed E-state index contributed by atoms with van der Waals surface area (Å²) in [5.74, 6) is -0.652. The molecule has 0 bridgehead atoms. The highest BCUT2D eigenvalue weighted by Crippen LogP contribution is 2.39. The van der Waals surface area contributed by atoms with Crippen LogP contribution in [0.15, 0.2) is 41.9 Å². The minimum atomic E-state index is -4.68. The van der Waals surface area contributed by atoms with E-state index in [4.69, 9.17) is 23.2 Å². The summed E-state index contributed by atoms with van der Waals surface area (Å²) in [5.41, 5.74) is -1.42. The van der Waals surface area contributed by atoms with Gasteiger partial charge in [0.05, 0.1) is 16.4 Å². The number of hydrogen-bond acceptors (Lipinski definition) is 4. The predicted octanol–water partition coefficient (Wildman–Crippen LogP) is 6.38. The summed E-state index contributed by atoms with van der Waals surface area (Å²) in [6.07, 6.45) is -3.27. The number of carbonyl (C=O) groups excluding carboxylic acids is 1. The van der Waals surface area contributed by atoms with Crippen molar-refractivity contribution in [3.8, 4) is 10.4 Å². The standard InChI is InChI=1S/C18H10Cl2F3N3OS2/c19-13-4-3-12(29-13)9-6-11(18(21,22)23)16-25-14(15(20)26(16)8-9)17(27)24-7-10-2-1-5-28-10/h1-6,8H,7H2,(H,24,27). The Kier molecular flexibility index (Phi) is 5.32. The molecule has 0 atom stereocenters. The molecule has 4 nitrogen and oxygen atoms in total. The average Bonchev–Trinajstić information content (AvgIpc) is 3.39. The SMILES string of the molecule is O=C(NCc1cccs1)c1nc2c(C(F)(F)F)cc(-c3ccc(Cl)s3)cn2c1Cl. The smallest absolute Gasteiger partial charge is 0.346 e. The molecule has 0 unspecified atom stereocenters. The maximum absolute atomic E-state index is 13.7. The summed E-state index contributed by atoms with van der Waals surface area (Å²) < 4.78 is 42.5. The van der Waals surface area contributed by atoms with Crippen molar-refractivity contribution in [1.29, 1.82) is 0 Å². The highest BCUT2D eigenvalue weighted by molar-refractivity contribution is 7.19. The fourth-order valence-electron chi connectivity index (χ4n) is 2.74. The number of amides is 1. The number of thiophene rings is 2. The molecule has 0 saturated heterocycles. The molecule has 0 spiro atoms. The number of nitrogens with zero attached hydrogens (tertiary/aromatic N) is 2. The summed E-state index contributed by atoms with van der Waals surface area (Å²) in [5, 5.41) is 4.28. The Morgan fingerprint density at radius 1 is 1.24 bits per heavy atom. The van der Waals surface area contributed by atoms with E-state index in [2.05, 4.69) is 10.3 Å². The molecule has 0 aliphatic heterocycles. The Balaban J connectivity index is 1.80. The average molecular weight is 476 g/mol. The van der Waals surface area contributed by atoms with Gasteiger partial charge in [0.1, 0.15) is 5.15 Å². The zero-order chi connectivity index (χ0) is 20.8. The Hall–Kier alpha value is -2.07. The van der Waals surface area contributed by atoms with Gasteiger partial charge in [0, 0.05) is 21.5 Å². The number of rotatable bonds is 4. The molecule has 150 valence electrons. The van der Waals surface area contributed by atoms with Gasteiger partial charge in [-0.05, 0) is 29.6 Å². The topological polar surface area (TPSA) is 46.4 Å². The number of imidazole rings is 1. The molecule has 4 aromatic rings. The first kappa shape index (κ1) is 20.2. The third-order valence-electron chi connectivity index (χ3n) is 4.04. The van der Waals surface area contributed by atoms with Crippen molar-refractivity contribution in [3.05, 3.63) is 67.5 Å². The third kappa shape index (κ3) is 4.00. The maximum Gasteiger partial charge on any atom is 0.420 e. The first-order valence-corrected chi connectivity index (χ1v) is 10.5. The van der Waals surface area contributed by atoms with Crippen LogP contribution in [-0.2, 0) is 12.7 Å². The molecule has 0 saturated carbocycles. The lowest BCUT2D eigenvalue weighted by atomic mass is 10.1. The first-order valence-electron chi connectivity index (χ1n) is 8.09. The molecular formula is C18H10Cl2F3N3OS2. The van der Waals surface area contributed by atoms with Crippen LogP contribution in [-0.4, -0.2) is 15.3 Å². The predicted molar refractivity (Wildman–Crippen MR) is 109 cm³/mol. The lowest BCUT2D eigenvalue weighted by Crippen LogP contribution is -2.23. The van der Waals surface area contributed by atoms with Gasteiger partial charge >= 0.3 is 6.18 Å². The molecule has 4 heterocycles. The van der Waals surface area contributed by atoms with Crippen molar-refractivity contribution in [2.45, 2.75) is 12.7 Å². The number of pyridine rings is 1. The molecule has 0 fully saturated rings. The van der Waals surface area contributed by atoms with Crippen LogP contribution in [0.3, 0.4) is 0 Å². The number of halogens is 5. The second-order valence-corrected chi connectivity index (χ2v) is 9.06. The van der Waals surface area contributed by atoms with Crippen molar-refractivity contribution in [2.24, 2.45) is 0 Å². The minimum Gasteiger partial charge on any atom is -0.346 e. The van der Waals surface area contributed by atoms with Gasteiger partial charge in [0.2, 0.25) is 0 Å². The van der Waals surface area contributed by atoms with E-state index in [9.17, 15) is 18.0 Å². The number of fused-ring (bicyclic) bond motifs is 1. The van der Waals surface area contributed by atoms with E-state index in [1.165, 1.54) is 17.5 Å². The van der Waals surface area contributed by atoms with Crippen molar-refractivity contribution >= 4 is 57.4 Å². The number of carbonyl (C=O) groups is 1. The molecule has 1 N–H and O–H groups in total. The second-order valence-electron chi connectivity index (χ2n) is 5.95. The van der Waals surface area contributed by atoms with Crippen LogP contribution >= 0.6 is 45.9 Å². The van der Waals surface area contributed by atoms with Gasteiger partial charge in [-0.3, -0.25) is 9.20 Å². The zero-order valence-corrected chi connectivity index (χ0v) is 17.4. The summed E-state index contributed by atoms with van der Waals surface area (Å²) in [4.78, 5) is 17.8. The van der Waals surface area contributed by atoms with Crippen molar-refractivity contribution < 1.29 is 18.0 Å². The van der Waals surface area contributed by atoms with Crippen molar-refractivity contribution in [2.75, 3.05) is 0 Å². The van der Waals surface area contributed by atoms with Gasteiger partial charge in [0.15, 0.2) is 11.3 Å². The minimum absolute atomic E-state index is 0.196. The van der Waals surface area contributed by atoms with E-state index < -0.39 is 23.3 Å². The largest absolute Gasteiger partial charge is 0.420 e. The quantitative estimate of drug-likeness (QED) is 0.372. The lowest BCUT2D eigenvalue weighted by Gasteiger charge is -2.10. The molecule has 0 aliphatic carbocycles. The van der Waals surface area contributed by atoms with Crippen LogP contribution in [0.25, 0.3) is 16.1 Å². The number of hydrogen-bond donors (Lipinski definition) is 1. The van der Waals surface area contributed by atoms with Crippen LogP contribution < -0.4 is 5.32 Å². The number of aromatic nitrogens is 2. The van der Waals surface area contributed by atoms with E-state index in [-0.39, 0.29) is 23.0 Å². The molecular weight excluding hydrogens is 466 g/mol. The summed E-state index contributed by atoms with van der Waals surface area (Å²) in [7, 11) is 0. The summed E-state index contributed by atoms with van der Waals surface area (Å²) in [6.45, 7) is 0.228. The third-order valence-corrected chi connectivity index (χ3v) is 6.56. The zero-order valence-electron chi connectivity index (χ0n) is 14.3. The van der Waals surface area contributed by atoms with Crippen molar-refractivity contribution in [3.63, 3.8) is 0 Å². The van der Waals surface area contributed by atoms with Gasteiger partial charge in [-0.25, -0.2) is 4.98 Å². The Morgan fingerprint density at radius 2 is 2.03 bits per heavy atom. The lowest BCUT2D eigenvalue weighted by molar-refractivity contribution is -0.136. The molecule has 1 amide bonds. The Labute approximate surface area is 180 Å². The van der Waals surface area contributed by atoms with Crippen LogP contribution in [0, 0.1) is 0 Å². The Morgan fingerprint density at radius 3 is 2.66 bits per heavy atom. The highest BCUT2D eigenvalue weighted by Gasteiger charge is 2.36. The van der Waals surface area contributed by atoms with Crippen LogP contribution in [0.4, 0.5) is 13.2 Å². The Bertz CT molecular complexity index is 1200. The van der Waals surface area contributed by atoms with Crippen LogP contribution in [0.2, 0.25) is 9.49 Å². The normalized spacial score (nSPS) is 11.9. The number of nitrogens with one attached hydrogen (secondary N) is 1. The van der Waals surface area contributed by atoms with E-state index in [1.54, 1.807) is 12.1 Å². The van der Waals surface area contributed by atoms with Gasteiger partial charge in [-0.15, -0.1) is 22.7 Å². The van der Waals surface area contributed by atoms with Gasteiger partial charge in [-0.2, -0.15) is 13.2 Å². The fraction of sp³-hybridized carbons (Fsp3) is 0.111. The van der Waals surface area contributed by atoms with Crippen molar-refractivity contribution in [1.82, 2.24) is 14.7 Å². The van der Waals surface area contributed by atoms with Crippen LogP contribution in [0.5, 0.6) is 0 Å². The van der Waals surface area contributed by atoms with Gasteiger partial charge < -0.3 is 5.32 Å². The van der Waals surface area contributed by atoms with E-state index in [0.717, 1.165) is 26.7 Å². The van der Waals surface area contributed by atoms with Gasteiger partial charge in [0.25, 0.3) is 5.91 Å². The molecule has 0 aromatic carbocycles. The van der Waals surface area contributed by atoms with E-state index in [1.807, 2.05) is 17.5 Å². The molecule has 4 rings (SSSR count). The van der Waals surface area contributed by atoms with Gasteiger partial charge in [-0.1, -0.05) is 29.3 Å². The van der Waals surface area contributed by atoms with E-state index in [0.29, 0.717) is 9.21 Å². The number of alkyl halides is 3. The maximum atomic E-state index is 13.7. The van der Waals surface area contributed by atoms with Crippen LogP contribution in [0.1, 0.15) is 20.9 Å². The second kappa shape index (κ2) is 7.64.